The van der Waals surface area contributed by atoms with Crippen molar-refractivity contribution < 1.29 is 9.90 Å². The van der Waals surface area contributed by atoms with E-state index in [2.05, 4.69) is 0 Å². The molecular formula is C10H12O2. The van der Waals surface area contributed by atoms with E-state index in [4.69, 9.17) is 5.11 Å². The van der Waals surface area contributed by atoms with Crippen molar-refractivity contribution in [2.75, 3.05) is 0 Å². The maximum Gasteiger partial charge on any atom is 0.163 e. The van der Waals surface area contributed by atoms with Crippen molar-refractivity contribution in [2.45, 2.75) is 20.3 Å². The summed E-state index contributed by atoms with van der Waals surface area (Å²) >= 11 is 0. The Morgan fingerprint density at radius 3 is 2.75 bits per heavy atom. The molecule has 0 fully saturated rings. The highest BCUT2D eigenvalue weighted by molar-refractivity contribution is 5.97. The number of Topliss-reactive ketones (excluding diaryl/α,β-unsaturated/α-hetero) is 1. The predicted molar refractivity (Wildman–Crippen MR) is 47.5 cm³/mol. The number of carbonyl (C=O) groups is 1. The van der Waals surface area contributed by atoms with Crippen molar-refractivity contribution in [3.63, 3.8) is 0 Å². The molecular weight excluding hydrogens is 152 g/mol. The minimum Gasteiger partial charge on any atom is -0.508 e. The van der Waals surface area contributed by atoms with Gasteiger partial charge in [0.2, 0.25) is 0 Å². The number of phenols is 1. The lowest BCUT2D eigenvalue weighted by Crippen LogP contribution is -1.98. The number of benzene rings is 1. The third-order valence-corrected chi connectivity index (χ3v) is 1.84. The van der Waals surface area contributed by atoms with Gasteiger partial charge in [0.25, 0.3) is 0 Å². The summed E-state index contributed by atoms with van der Waals surface area (Å²) in [5.41, 5.74) is 1.54. The van der Waals surface area contributed by atoms with Crippen LogP contribution >= 0.6 is 0 Å². The molecule has 1 aromatic carbocycles. The van der Waals surface area contributed by atoms with Gasteiger partial charge in [-0.05, 0) is 24.6 Å². The van der Waals surface area contributed by atoms with Crippen molar-refractivity contribution in [3.05, 3.63) is 29.3 Å². The number of rotatable bonds is 2. The van der Waals surface area contributed by atoms with Crippen LogP contribution < -0.4 is 0 Å². The number of hydrogen-bond donors (Lipinski definition) is 1. The first-order valence-corrected chi connectivity index (χ1v) is 3.98. The monoisotopic (exact) mass is 164 g/mol. The lowest BCUT2D eigenvalue weighted by atomic mass is 10.0. The number of carbonyl (C=O) groups excluding carboxylic acids is 1. The standard InChI is InChI=1S/C10H12O2/c1-3-10(12)9-6-8(11)5-4-7(9)2/h4-6,11H,3H2,1-2H3. The molecule has 0 bridgehead atoms. The van der Waals surface area contributed by atoms with Crippen LogP contribution in [-0.4, -0.2) is 10.9 Å². The fraction of sp³-hybridized carbons (Fsp3) is 0.300. The van der Waals surface area contributed by atoms with Crippen LogP contribution in [0, 0.1) is 6.92 Å². The highest BCUT2D eigenvalue weighted by Gasteiger charge is 2.06. The molecule has 0 aliphatic heterocycles. The third kappa shape index (κ3) is 1.64. The zero-order valence-electron chi connectivity index (χ0n) is 7.29. The number of aromatic hydroxyl groups is 1. The predicted octanol–water partition coefficient (Wildman–Crippen LogP) is 2.29. The zero-order valence-corrected chi connectivity index (χ0v) is 7.29. The van der Waals surface area contributed by atoms with E-state index in [1.165, 1.54) is 6.07 Å². The third-order valence-electron chi connectivity index (χ3n) is 1.84. The van der Waals surface area contributed by atoms with E-state index in [0.717, 1.165) is 5.56 Å². The van der Waals surface area contributed by atoms with Gasteiger partial charge in [-0.15, -0.1) is 0 Å². The van der Waals surface area contributed by atoms with Crippen molar-refractivity contribution in [2.24, 2.45) is 0 Å². The summed E-state index contributed by atoms with van der Waals surface area (Å²) in [6, 6.07) is 4.85. The van der Waals surface area contributed by atoms with Gasteiger partial charge >= 0.3 is 0 Å². The Hall–Kier alpha value is -1.31. The van der Waals surface area contributed by atoms with Gasteiger partial charge in [0.05, 0.1) is 0 Å². The highest BCUT2D eigenvalue weighted by Crippen LogP contribution is 2.16. The Labute approximate surface area is 71.8 Å². The van der Waals surface area contributed by atoms with Crippen LogP contribution in [0.5, 0.6) is 5.75 Å². The first-order chi connectivity index (χ1) is 5.65. The average Bonchev–Trinajstić information content (AvgIpc) is 2.08. The normalized spacial score (nSPS) is 9.83. The molecule has 0 amide bonds. The number of ketones is 1. The summed E-state index contributed by atoms with van der Waals surface area (Å²) in [5, 5.41) is 9.13. The van der Waals surface area contributed by atoms with Gasteiger partial charge in [0.1, 0.15) is 5.75 Å². The van der Waals surface area contributed by atoms with E-state index < -0.39 is 0 Å². The van der Waals surface area contributed by atoms with Gasteiger partial charge in [-0.3, -0.25) is 4.79 Å². The Morgan fingerprint density at radius 1 is 1.50 bits per heavy atom. The molecule has 0 saturated heterocycles. The zero-order chi connectivity index (χ0) is 9.14. The average molecular weight is 164 g/mol. The second-order valence-electron chi connectivity index (χ2n) is 2.78. The van der Waals surface area contributed by atoms with Crippen LogP contribution in [-0.2, 0) is 0 Å². The summed E-state index contributed by atoms with van der Waals surface area (Å²) < 4.78 is 0. The van der Waals surface area contributed by atoms with Crippen LogP contribution in [0.4, 0.5) is 0 Å². The van der Waals surface area contributed by atoms with Crippen LogP contribution in [0.1, 0.15) is 29.3 Å². The first kappa shape index (κ1) is 8.78. The van der Waals surface area contributed by atoms with E-state index in [9.17, 15) is 4.79 Å². The van der Waals surface area contributed by atoms with E-state index in [-0.39, 0.29) is 11.5 Å². The smallest absolute Gasteiger partial charge is 0.163 e. The number of aryl methyl sites for hydroxylation is 1. The molecule has 0 aromatic heterocycles. The number of phenolic OH excluding ortho intramolecular Hbond substituents is 1. The summed E-state index contributed by atoms with van der Waals surface area (Å²) in [6.07, 6.45) is 0.476. The molecule has 1 N–H and O–H groups in total. The van der Waals surface area contributed by atoms with Crippen LogP contribution in [0.15, 0.2) is 18.2 Å². The van der Waals surface area contributed by atoms with Gasteiger partial charge in [0, 0.05) is 12.0 Å². The maximum atomic E-state index is 11.3. The van der Waals surface area contributed by atoms with Crippen molar-refractivity contribution in [1.29, 1.82) is 0 Å². The lowest BCUT2D eigenvalue weighted by Gasteiger charge is -2.02. The molecule has 0 saturated carbocycles. The Bertz CT molecular complexity index is 303. The molecule has 0 spiro atoms. The summed E-state index contributed by atoms with van der Waals surface area (Å²) in [5.74, 6) is 0.223. The van der Waals surface area contributed by atoms with Crippen LogP contribution in [0.25, 0.3) is 0 Å². The van der Waals surface area contributed by atoms with Gasteiger partial charge in [0.15, 0.2) is 5.78 Å². The van der Waals surface area contributed by atoms with Gasteiger partial charge in [-0.2, -0.15) is 0 Å². The van der Waals surface area contributed by atoms with Crippen LogP contribution in [0.3, 0.4) is 0 Å². The van der Waals surface area contributed by atoms with E-state index >= 15 is 0 Å². The lowest BCUT2D eigenvalue weighted by molar-refractivity contribution is 0.0987. The molecule has 0 aliphatic carbocycles. The second kappa shape index (κ2) is 3.39. The Balaban J connectivity index is 3.13. The molecule has 2 nitrogen and oxygen atoms in total. The quantitative estimate of drug-likeness (QED) is 0.681. The fourth-order valence-electron chi connectivity index (χ4n) is 1.10. The van der Waals surface area contributed by atoms with Crippen LogP contribution in [0.2, 0.25) is 0 Å². The van der Waals surface area contributed by atoms with E-state index in [1.807, 2.05) is 13.8 Å². The van der Waals surface area contributed by atoms with Gasteiger partial charge < -0.3 is 5.11 Å². The minimum absolute atomic E-state index is 0.0726. The molecule has 12 heavy (non-hydrogen) atoms. The Morgan fingerprint density at radius 2 is 2.17 bits per heavy atom. The molecule has 64 valence electrons. The molecule has 0 atom stereocenters. The summed E-state index contributed by atoms with van der Waals surface area (Å²) in [6.45, 7) is 3.67. The van der Waals surface area contributed by atoms with Gasteiger partial charge in [-0.1, -0.05) is 13.0 Å². The van der Waals surface area contributed by atoms with Crippen molar-refractivity contribution in [3.8, 4) is 5.75 Å². The fourth-order valence-corrected chi connectivity index (χ4v) is 1.10. The Kier molecular flexibility index (Phi) is 2.48. The maximum absolute atomic E-state index is 11.3. The molecule has 1 rings (SSSR count). The minimum atomic E-state index is 0.0726. The topological polar surface area (TPSA) is 37.3 Å². The highest BCUT2D eigenvalue weighted by atomic mass is 16.3. The first-order valence-electron chi connectivity index (χ1n) is 3.98. The SMILES string of the molecule is CCC(=O)c1cc(O)ccc1C. The van der Waals surface area contributed by atoms with Gasteiger partial charge in [-0.25, -0.2) is 0 Å². The molecule has 1 aromatic rings. The number of hydrogen-bond acceptors (Lipinski definition) is 2. The molecule has 0 unspecified atom stereocenters. The van der Waals surface area contributed by atoms with Crippen molar-refractivity contribution in [1.82, 2.24) is 0 Å². The van der Waals surface area contributed by atoms with E-state index in [0.29, 0.717) is 12.0 Å². The van der Waals surface area contributed by atoms with E-state index in [1.54, 1.807) is 12.1 Å². The largest absolute Gasteiger partial charge is 0.508 e. The van der Waals surface area contributed by atoms with Crippen molar-refractivity contribution >= 4 is 5.78 Å². The second-order valence-corrected chi connectivity index (χ2v) is 2.78. The molecule has 0 heterocycles. The molecule has 0 radical (unpaired) electrons. The summed E-state index contributed by atoms with van der Waals surface area (Å²) in [7, 11) is 0. The summed E-state index contributed by atoms with van der Waals surface area (Å²) in [4.78, 5) is 11.3. The molecule has 0 aliphatic rings. The molecule has 2 heteroatoms.